The Bertz CT molecular complexity index is 1080. The zero-order valence-electron chi connectivity index (χ0n) is 17.2. The number of ketones is 1. The molecule has 0 spiro atoms. The lowest BCUT2D eigenvalue weighted by atomic mass is 9.69. The predicted molar refractivity (Wildman–Crippen MR) is 123 cm³/mol. The molecule has 0 saturated heterocycles. The van der Waals surface area contributed by atoms with E-state index in [1.54, 1.807) is 25.1 Å². The van der Waals surface area contributed by atoms with E-state index in [0.29, 0.717) is 39.7 Å². The first-order valence-corrected chi connectivity index (χ1v) is 11.2. The molecular formula is C25H23Cl2NO3. The zero-order valence-corrected chi connectivity index (χ0v) is 18.7. The molecule has 2 aromatic carbocycles. The number of aliphatic imine (C=N–C) groups is 1. The van der Waals surface area contributed by atoms with Crippen molar-refractivity contribution in [2.24, 2.45) is 10.9 Å². The van der Waals surface area contributed by atoms with Crippen molar-refractivity contribution in [1.29, 1.82) is 0 Å². The third kappa shape index (κ3) is 4.60. The van der Waals surface area contributed by atoms with Gasteiger partial charge in [-0.3, -0.25) is 9.79 Å². The fourth-order valence-electron chi connectivity index (χ4n) is 4.46. The van der Waals surface area contributed by atoms with Crippen molar-refractivity contribution in [3.8, 4) is 0 Å². The molecular weight excluding hydrogens is 433 g/mol. The molecule has 4 rings (SSSR count). The van der Waals surface area contributed by atoms with E-state index in [1.807, 2.05) is 30.3 Å². The molecule has 2 atom stereocenters. The van der Waals surface area contributed by atoms with Gasteiger partial charge < -0.3 is 4.74 Å². The maximum absolute atomic E-state index is 13.2. The topological polar surface area (TPSA) is 55.7 Å². The van der Waals surface area contributed by atoms with Gasteiger partial charge in [0.05, 0.1) is 18.1 Å². The number of allylic oxidation sites excluding steroid dienone is 1. The summed E-state index contributed by atoms with van der Waals surface area (Å²) in [5.41, 5.74) is 3.60. The molecule has 0 amide bonds. The van der Waals surface area contributed by atoms with Gasteiger partial charge in [-0.1, -0.05) is 59.6 Å². The fraction of sp³-hybridized carbons (Fsp3) is 0.320. The average molecular weight is 456 g/mol. The minimum Gasteiger partial charge on any atom is -0.462 e. The van der Waals surface area contributed by atoms with Gasteiger partial charge in [0.2, 0.25) is 0 Å². The number of ether oxygens (including phenoxy) is 1. The van der Waals surface area contributed by atoms with Crippen LogP contribution in [0.15, 0.2) is 64.8 Å². The summed E-state index contributed by atoms with van der Waals surface area (Å²) in [6.07, 6.45) is 2.61. The van der Waals surface area contributed by atoms with Crippen molar-refractivity contribution in [2.45, 2.75) is 38.5 Å². The lowest BCUT2D eigenvalue weighted by Crippen LogP contribution is -2.39. The number of rotatable bonds is 5. The van der Waals surface area contributed by atoms with Crippen LogP contribution in [0.5, 0.6) is 0 Å². The normalized spacial score (nSPS) is 20.9. The van der Waals surface area contributed by atoms with Gasteiger partial charge in [-0.15, -0.1) is 0 Å². The Hall–Kier alpha value is -2.43. The number of esters is 1. The molecule has 1 heterocycles. The summed E-state index contributed by atoms with van der Waals surface area (Å²) in [5, 5.41) is 0.931. The SMILES string of the molecule is CC1=C(C(=O)OCCc2ccccc2)C(c2ccc(Cl)cc2Cl)C2C(=O)CCCC2=N1. The number of benzene rings is 2. The summed E-state index contributed by atoms with van der Waals surface area (Å²) in [6.45, 7) is 2.04. The predicted octanol–water partition coefficient (Wildman–Crippen LogP) is 5.96. The second-order valence-electron chi connectivity index (χ2n) is 7.91. The van der Waals surface area contributed by atoms with E-state index < -0.39 is 17.8 Å². The van der Waals surface area contributed by atoms with Gasteiger partial charge in [-0.05, 0) is 43.0 Å². The number of nitrogens with zero attached hydrogens (tertiary/aromatic N) is 1. The van der Waals surface area contributed by atoms with Crippen LogP contribution in [0.1, 0.15) is 43.2 Å². The Labute approximate surface area is 191 Å². The molecule has 4 nitrogen and oxygen atoms in total. The monoisotopic (exact) mass is 455 g/mol. The van der Waals surface area contributed by atoms with E-state index in [1.165, 1.54) is 0 Å². The largest absolute Gasteiger partial charge is 0.462 e. The molecule has 2 aromatic rings. The molecule has 1 aliphatic heterocycles. The fourth-order valence-corrected chi connectivity index (χ4v) is 4.99. The molecule has 31 heavy (non-hydrogen) atoms. The lowest BCUT2D eigenvalue weighted by molar-refractivity contribution is -0.139. The number of hydrogen-bond donors (Lipinski definition) is 0. The first-order chi connectivity index (χ1) is 15.0. The average Bonchev–Trinajstić information content (AvgIpc) is 2.74. The second kappa shape index (κ2) is 9.37. The van der Waals surface area contributed by atoms with Crippen LogP contribution in [0.25, 0.3) is 0 Å². The Kier molecular flexibility index (Phi) is 6.59. The van der Waals surface area contributed by atoms with Crippen molar-refractivity contribution in [3.63, 3.8) is 0 Å². The molecule has 2 aliphatic rings. The number of Topliss-reactive ketones (excluding diaryl/α,β-unsaturated/α-hetero) is 1. The first kappa shape index (κ1) is 21.8. The van der Waals surface area contributed by atoms with Crippen LogP contribution >= 0.6 is 23.2 Å². The number of carbonyl (C=O) groups excluding carboxylic acids is 2. The highest BCUT2D eigenvalue weighted by atomic mass is 35.5. The van der Waals surface area contributed by atoms with E-state index in [0.717, 1.165) is 24.1 Å². The summed E-state index contributed by atoms with van der Waals surface area (Å²) in [7, 11) is 0. The van der Waals surface area contributed by atoms with Crippen LogP contribution in [-0.4, -0.2) is 24.1 Å². The third-order valence-electron chi connectivity index (χ3n) is 5.89. The van der Waals surface area contributed by atoms with Crippen LogP contribution in [0.2, 0.25) is 10.0 Å². The Morgan fingerprint density at radius 3 is 2.61 bits per heavy atom. The summed E-state index contributed by atoms with van der Waals surface area (Å²) in [4.78, 5) is 30.8. The van der Waals surface area contributed by atoms with Crippen molar-refractivity contribution < 1.29 is 14.3 Å². The highest BCUT2D eigenvalue weighted by molar-refractivity contribution is 6.35. The minimum atomic E-state index is -0.519. The molecule has 0 aromatic heterocycles. The van der Waals surface area contributed by atoms with Crippen LogP contribution in [0.3, 0.4) is 0 Å². The summed E-state index contributed by atoms with van der Waals surface area (Å²) < 4.78 is 5.64. The molecule has 6 heteroatoms. The Morgan fingerprint density at radius 2 is 1.87 bits per heavy atom. The van der Waals surface area contributed by atoms with E-state index >= 15 is 0 Å². The molecule has 2 unspecified atom stereocenters. The van der Waals surface area contributed by atoms with Gasteiger partial charge in [0.25, 0.3) is 0 Å². The van der Waals surface area contributed by atoms with Crippen molar-refractivity contribution in [2.75, 3.05) is 6.61 Å². The van der Waals surface area contributed by atoms with Gasteiger partial charge in [0.1, 0.15) is 5.78 Å². The Morgan fingerprint density at radius 1 is 1.10 bits per heavy atom. The zero-order chi connectivity index (χ0) is 22.0. The highest BCUT2D eigenvalue weighted by Crippen LogP contribution is 2.45. The number of halogens is 2. The maximum Gasteiger partial charge on any atom is 0.336 e. The van der Waals surface area contributed by atoms with Crippen LogP contribution in [0, 0.1) is 5.92 Å². The number of hydrogen-bond acceptors (Lipinski definition) is 4. The van der Waals surface area contributed by atoms with Crippen LogP contribution in [-0.2, 0) is 20.7 Å². The molecule has 1 saturated carbocycles. The molecule has 0 N–H and O–H groups in total. The van der Waals surface area contributed by atoms with Gasteiger partial charge in [-0.2, -0.15) is 0 Å². The Balaban J connectivity index is 1.67. The molecule has 1 fully saturated rings. The van der Waals surface area contributed by atoms with Crippen LogP contribution in [0.4, 0.5) is 0 Å². The summed E-state index contributed by atoms with van der Waals surface area (Å²) in [5.74, 6) is -1.38. The molecule has 0 bridgehead atoms. The number of carbonyl (C=O) groups is 2. The first-order valence-electron chi connectivity index (χ1n) is 10.4. The van der Waals surface area contributed by atoms with Gasteiger partial charge >= 0.3 is 5.97 Å². The van der Waals surface area contributed by atoms with Crippen LogP contribution < -0.4 is 0 Å². The number of fused-ring (bicyclic) bond motifs is 1. The van der Waals surface area contributed by atoms with Gasteiger partial charge in [-0.25, -0.2) is 4.79 Å². The molecule has 160 valence electrons. The maximum atomic E-state index is 13.2. The highest BCUT2D eigenvalue weighted by Gasteiger charge is 2.44. The standard InChI is InChI=1S/C25H23Cl2NO3/c1-15-22(25(30)31-13-12-16-6-3-2-4-7-16)23(18-11-10-17(26)14-19(18)27)24-20(28-15)8-5-9-21(24)29/h2-4,6-7,10-11,14,23-24H,5,8-9,12-13H2,1H3. The lowest BCUT2D eigenvalue weighted by Gasteiger charge is -2.36. The van der Waals surface area contributed by atoms with Crippen molar-refractivity contribution >= 4 is 40.7 Å². The van der Waals surface area contributed by atoms with Crippen molar-refractivity contribution in [1.82, 2.24) is 0 Å². The van der Waals surface area contributed by atoms with E-state index in [2.05, 4.69) is 4.99 Å². The third-order valence-corrected chi connectivity index (χ3v) is 6.45. The minimum absolute atomic E-state index is 0.0862. The van der Waals surface area contributed by atoms with E-state index in [-0.39, 0.29) is 12.4 Å². The van der Waals surface area contributed by atoms with E-state index in [4.69, 9.17) is 27.9 Å². The van der Waals surface area contributed by atoms with Gasteiger partial charge in [0.15, 0.2) is 0 Å². The van der Waals surface area contributed by atoms with Crippen molar-refractivity contribution in [3.05, 3.63) is 81.0 Å². The summed E-state index contributed by atoms with van der Waals surface area (Å²) >= 11 is 12.6. The van der Waals surface area contributed by atoms with E-state index in [9.17, 15) is 9.59 Å². The van der Waals surface area contributed by atoms with Gasteiger partial charge in [0, 0.05) is 40.2 Å². The summed E-state index contributed by atoms with van der Waals surface area (Å²) in [6, 6.07) is 15.0. The second-order valence-corrected chi connectivity index (χ2v) is 8.76. The molecule has 0 radical (unpaired) electrons. The quantitative estimate of drug-likeness (QED) is 0.522. The molecule has 1 aliphatic carbocycles. The smallest absolute Gasteiger partial charge is 0.336 e.